The van der Waals surface area contributed by atoms with Crippen molar-refractivity contribution in [2.24, 2.45) is 0 Å². The van der Waals surface area contributed by atoms with Gasteiger partial charge in [0.25, 0.3) is 0 Å². The number of rotatable bonds is 6. The van der Waals surface area contributed by atoms with Gasteiger partial charge in [0.15, 0.2) is 0 Å². The maximum atomic E-state index is 5.51. The van der Waals surface area contributed by atoms with Crippen LogP contribution in [0.2, 0.25) is 0 Å². The van der Waals surface area contributed by atoms with Crippen LogP contribution >= 0.6 is 0 Å². The second-order valence-electron chi connectivity index (χ2n) is 3.81. The van der Waals surface area contributed by atoms with E-state index in [4.69, 9.17) is 4.74 Å². The molecule has 0 saturated heterocycles. The largest absolute Gasteiger partial charge is 0.494 e. The molecule has 0 spiro atoms. The number of hydrogen-bond donors (Lipinski definition) is 1. The number of hydrogen-bond acceptors (Lipinski definition) is 2. The summed E-state index contributed by atoms with van der Waals surface area (Å²) in [6.45, 7) is 4.58. The second-order valence-corrected chi connectivity index (χ2v) is 3.81. The molecule has 0 heterocycles. The molecule has 1 aromatic carbocycles. The summed E-state index contributed by atoms with van der Waals surface area (Å²) < 4.78 is 5.51. The molecule has 1 atom stereocenters. The van der Waals surface area contributed by atoms with Crippen LogP contribution in [-0.4, -0.2) is 13.7 Å². The Morgan fingerprint density at radius 2 is 2.24 bits per heavy atom. The van der Waals surface area contributed by atoms with Crippen molar-refractivity contribution in [2.45, 2.75) is 32.7 Å². The summed E-state index contributed by atoms with van der Waals surface area (Å²) in [6, 6.07) is 8.60. The first-order valence-electron chi connectivity index (χ1n) is 6.11. The Kier molecular flexibility index (Phi) is 6.21. The summed E-state index contributed by atoms with van der Waals surface area (Å²) in [4.78, 5) is 0. The third-order valence-corrected chi connectivity index (χ3v) is 2.65. The summed E-state index contributed by atoms with van der Waals surface area (Å²) in [5.41, 5.74) is 1.26. The van der Waals surface area contributed by atoms with Gasteiger partial charge in [-0.05, 0) is 45.0 Å². The Balaban J connectivity index is 2.71. The normalized spacial score (nSPS) is 11.5. The first-order chi connectivity index (χ1) is 8.31. The highest BCUT2D eigenvalue weighted by atomic mass is 16.5. The third-order valence-electron chi connectivity index (χ3n) is 2.65. The highest BCUT2D eigenvalue weighted by Crippen LogP contribution is 2.22. The van der Waals surface area contributed by atoms with E-state index in [2.05, 4.69) is 29.3 Å². The fraction of sp³-hybridized carbons (Fsp3) is 0.467. The highest BCUT2D eigenvalue weighted by molar-refractivity contribution is 5.30. The fourth-order valence-electron chi connectivity index (χ4n) is 1.81. The molecule has 0 aliphatic rings. The standard InChI is InChI=1S/C15H21NO/c1-4-6-7-11-15(16-3)13-9-8-10-14(12-13)17-5-2/h8-10,12,15-16H,5,7,11H2,1-3H3. The fourth-order valence-corrected chi connectivity index (χ4v) is 1.81. The molecule has 0 aromatic heterocycles. The molecule has 0 saturated carbocycles. The average Bonchev–Trinajstić information content (AvgIpc) is 2.35. The molecule has 0 radical (unpaired) electrons. The summed E-state index contributed by atoms with van der Waals surface area (Å²) in [5.74, 6) is 6.97. The van der Waals surface area contributed by atoms with Crippen molar-refractivity contribution in [2.75, 3.05) is 13.7 Å². The first kappa shape index (κ1) is 13.6. The van der Waals surface area contributed by atoms with Crippen molar-refractivity contribution in [1.29, 1.82) is 0 Å². The van der Waals surface area contributed by atoms with E-state index in [9.17, 15) is 0 Å². The molecular formula is C15H21NO. The van der Waals surface area contributed by atoms with Crippen molar-refractivity contribution in [3.63, 3.8) is 0 Å². The van der Waals surface area contributed by atoms with E-state index in [1.54, 1.807) is 0 Å². The molecule has 92 valence electrons. The maximum Gasteiger partial charge on any atom is 0.119 e. The summed E-state index contributed by atoms with van der Waals surface area (Å²) in [6.07, 6.45) is 1.94. The minimum Gasteiger partial charge on any atom is -0.494 e. The van der Waals surface area contributed by atoms with Gasteiger partial charge < -0.3 is 10.1 Å². The van der Waals surface area contributed by atoms with Crippen LogP contribution in [0.5, 0.6) is 5.75 Å². The molecule has 0 aliphatic heterocycles. The van der Waals surface area contributed by atoms with Crippen molar-refractivity contribution >= 4 is 0 Å². The summed E-state index contributed by atoms with van der Waals surface area (Å²) >= 11 is 0. The van der Waals surface area contributed by atoms with Crippen LogP contribution in [0.4, 0.5) is 0 Å². The van der Waals surface area contributed by atoms with Gasteiger partial charge in [-0.3, -0.25) is 0 Å². The lowest BCUT2D eigenvalue weighted by Gasteiger charge is -2.16. The third kappa shape index (κ3) is 4.50. The van der Waals surface area contributed by atoms with Crippen molar-refractivity contribution in [3.05, 3.63) is 29.8 Å². The van der Waals surface area contributed by atoms with Gasteiger partial charge in [0, 0.05) is 12.5 Å². The van der Waals surface area contributed by atoms with Crippen molar-refractivity contribution in [1.82, 2.24) is 5.32 Å². The van der Waals surface area contributed by atoms with Crippen molar-refractivity contribution < 1.29 is 4.74 Å². The molecule has 0 amide bonds. The molecule has 1 rings (SSSR count). The smallest absolute Gasteiger partial charge is 0.119 e. The molecule has 1 unspecified atom stereocenters. The zero-order valence-corrected chi connectivity index (χ0v) is 10.9. The van der Waals surface area contributed by atoms with E-state index in [-0.39, 0.29) is 0 Å². The average molecular weight is 231 g/mol. The highest BCUT2D eigenvalue weighted by Gasteiger charge is 2.08. The molecule has 17 heavy (non-hydrogen) atoms. The Bertz CT molecular complexity index is 389. The lowest BCUT2D eigenvalue weighted by atomic mass is 10.0. The number of ether oxygens (including phenoxy) is 1. The summed E-state index contributed by atoms with van der Waals surface area (Å²) in [5, 5.41) is 3.32. The topological polar surface area (TPSA) is 21.3 Å². The quantitative estimate of drug-likeness (QED) is 0.759. The van der Waals surface area contributed by atoms with Gasteiger partial charge in [0.1, 0.15) is 5.75 Å². The van der Waals surface area contributed by atoms with Gasteiger partial charge in [-0.1, -0.05) is 12.1 Å². The predicted octanol–water partition coefficient (Wildman–Crippen LogP) is 3.15. The van der Waals surface area contributed by atoms with Crippen LogP contribution in [0, 0.1) is 11.8 Å². The Morgan fingerprint density at radius 1 is 1.41 bits per heavy atom. The zero-order valence-electron chi connectivity index (χ0n) is 10.9. The minimum atomic E-state index is 0.344. The van der Waals surface area contributed by atoms with E-state index in [1.807, 2.05) is 33.0 Å². The molecule has 1 N–H and O–H groups in total. The van der Waals surface area contributed by atoms with Gasteiger partial charge in [0.2, 0.25) is 0 Å². The Hall–Kier alpha value is -1.46. The number of nitrogens with one attached hydrogen (secondary N) is 1. The van der Waals surface area contributed by atoms with Crippen LogP contribution in [0.3, 0.4) is 0 Å². The molecule has 0 bridgehead atoms. The van der Waals surface area contributed by atoms with Crippen LogP contribution in [0.25, 0.3) is 0 Å². The predicted molar refractivity (Wildman–Crippen MR) is 72.1 cm³/mol. The first-order valence-corrected chi connectivity index (χ1v) is 6.11. The van der Waals surface area contributed by atoms with E-state index >= 15 is 0 Å². The van der Waals surface area contributed by atoms with Gasteiger partial charge >= 0.3 is 0 Å². The molecular weight excluding hydrogens is 210 g/mol. The monoisotopic (exact) mass is 231 g/mol. The van der Waals surface area contributed by atoms with E-state index in [1.165, 1.54) is 5.56 Å². The minimum absolute atomic E-state index is 0.344. The van der Waals surface area contributed by atoms with E-state index < -0.39 is 0 Å². The maximum absolute atomic E-state index is 5.51. The van der Waals surface area contributed by atoms with Gasteiger partial charge in [0.05, 0.1) is 6.61 Å². The van der Waals surface area contributed by atoms with Crippen LogP contribution < -0.4 is 10.1 Å². The Morgan fingerprint density at radius 3 is 2.88 bits per heavy atom. The van der Waals surface area contributed by atoms with Crippen LogP contribution in [0.15, 0.2) is 24.3 Å². The zero-order chi connectivity index (χ0) is 12.5. The SMILES string of the molecule is CC#CCCC(NC)c1cccc(OCC)c1. The molecule has 0 fully saturated rings. The van der Waals surface area contributed by atoms with E-state index in [0.717, 1.165) is 18.6 Å². The Labute approximate surface area is 104 Å². The second kappa shape index (κ2) is 7.76. The molecule has 2 heteroatoms. The van der Waals surface area contributed by atoms with Gasteiger partial charge in [-0.2, -0.15) is 0 Å². The number of benzene rings is 1. The molecule has 0 aliphatic carbocycles. The van der Waals surface area contributed by atoms with Gasteiger partial charge in [-0.25, -0.2) is 0 Å². The summed E-state index contributed by atoms with van der Waals surface area (Å²) in [7, 11) is 1.98. The van der Waals surface area contributed by atoms with Crippen LogP contribution in [0.1, 0.15) is 38.3 Å². The molecule has 1 aromatic rings. The van der Waals surface area contributed by atoms with Crippen LogP contribution in [-0.2, 0) is 0 Å². The van der Waals surface area contributed by atoms with Gasteiger partial charge in [-0.15, -0.1) is 11.8 Å². The lowest BCUT2D eigenvalue weighted by molar-refractivity contribution is 0.339. The van der Waals surface area contributed by atoms with E-state index in [0.29, 0.717) is 12.6 Å². The van der Waals surface area contributed by atoms with Crippen molar-refractivity contribution in [3.8, 4) is 17.6 Å². The molecule has 2 nitrogen and oxygen atoms in total. The lowest BCUT2D eigenvalue weighted by Crippen LogP contribution is -2.16.